The van der Waals surface area contributed by atoms with Crippen molar-refractivity contribution in [1.82, 2.24) is 4.98 Å². The summed E-state index contributed by atoms with van der Waals surface area (Å²) in [6.07, 6.45) is 0. The molecule has 5 heteroatoms. The van der Waals surface area contributed by atoms with Gasteiger partial charge in [-0.1, -0.05) is 13.8 Å². The van der Waals surface area contributed by atoms with Crippen LogP contribution in [0.15, 0.2) is 22.6 Å². The Kier molecular flexibility index (Phi) is 3.74. The molecular formula is C14H18N2O3. The Morgan fingerprint density at radius 2 is 2.21 bits per heavy atom. The number of anilines is 1. The minimum absolute atomic E-state index is 0.210. The fourth-order valence-corrected chi connectivity index (χ4v) is 1.96. The lowest BCUT2D eigenvalue weighted by molar-refractivity contribution is 0.0697. The van der Waals surface area contributed by atoms with E-state index in [4.69, 9.17) is 9.52 Å². The second kappa shape index (κ2) is 5.30. The molecule has 1 heterocycles. The van der Waals surface area contributed by atoms with Crippen molar-refractivity contribution in [2.75, 3.05) is 18.0 Å². The van der Waals surface area contributed by atoms with Crippen molar-refractivity contribution < 1.29 is 14.3 Å². The summed E-state index contributed by atoms with van der Waals surface area (Å²) in [7, 11) is 0. The summed E-state index contributed by atoms with van der Waals surface area (Å²) in [6, 6.07) is 5.27. The molecular weight excluding hydrogens is 244 g/mol. The second-order valence-corrected chi connectivity index (χ2v) is 4.92. The van der Waals surface area contributed by atoms with Gasteiger partial charge in [-0.15, -0.1) is 0 Å². The molecule has 0 saturated carbocycles. The van der Waals surface area contributed by atoms with Crippen molar-refractivity contribution in [2.24, 2.45) is 5.92 Å². The van der Waals surface area contributed by atoms with Crippen molar-refractivity contribution in [1.29, 1.82) is 0 Å². The molecule has 0 radical (unpaired) electrons. The molecule has 0 spiro atoms. The molecule has 0 amide bonds. The van der Waals surface area contributed by atoms with Gasteiger partial charge in [0.2, 0.25) is 0 Å². The highest BCUT2D eigenvalue weighted by atomic mass is 16.4. The van der Waals surface area contributed by atoms with Gasteiger partial charge >= 0.3 is 5.97 Å². The number of hydrogen-bond acceptors (Lipinski definition) is 4. The van der Waals surface area contributed by atoms with Crippen LogP contribution in [0.3, 0.4) is 0 Å². The molecule has 0 fully saturated rings. The Hall–Kier alpha value is -2.04. The maximum atomic E-state index is 10.9. The number of carbonyl (C=O) groups is 1. The number of nitrogens with zero attached hydrogens (tertiary/aromatic N) is 2. The van der Waals surface area contributed by atoms with Crippen LogP contribution in [0, 0.1) is 5.92 Å². The van der Waals surface area contributed by atoms with Crippen LogP contribution in [-0.4, -0.2) is 29.1 Å². The number of carboxylic acid groups (broad SMARTS) is 1. The Labute approximate surface area is 111 Å². The highest BCUT2D eigenvalue weighted by Gasteiger charge is 2.15. The zero-order valence-corrected chi connectivity index (χ0v) is 11.4. The normalized spacial score (nSPS) is 11.2. The summed E-state index contributed by atoms with van der Waals surface area (Å²) in [6.45, 7) is 7.97. The Morgan fingerprint density at radius 1 is 1.47 bits per heavy atom. The molecule has 1 aromatic heterocycles. The topological polar surface area (TPSA) is 66.6 Å². The van der Waals surface area contributed by atoms with Crippen LogP contribution in [0.2, 0.25) is 0 Å². The summed E-state index contributed by atoms with van der Waals surface area (Å²) in [5.41, 5.74) is 1.40. The fourth-order valence-electron chi connectivity index (χ4n) is 1.96. The van der Waals surface area contributed by atoms with Crippen molar-refractivity contribution in [3.63, 3.8) is 0 Å². The molecule has 1 N–H and O–H groups in total. The maximum Gasteiger partial charge on any atom is 0.335 e. The molecule has 0 saturated heterocycles. The van der Waals surface area contributed by atoms with Crippen molar-refractivity contribution >= 4 is 23.1 Å². The SMILES string of the molecule is CCN(CC(C)C)c1nc2ccc(C(=O)O)cc2o1. The van der Waals surface area contributed by atoms with E-state index in [1.165, 1.54) is 12.1 Å². The number of carboxylic acids is 1. The lowest BCUT2D eigenvalue weighted by Gasteiger charge is -2.20. The zero-order valence-electron chi connectivity index (χ0n) is 11.4. The Bertz CT molecular complexity index is 589. The standard InChI is InChI=1S/C14H18N2O3/c1-4-16(8-9(2)3)14-15-11-6-5-10(13(17)18)7-12(11)19-14/h5-7,9H,4,8H2,1-3H3,(H,17,18). The average Bonchev–Trinajstić information content (AvgIpc) is 2.77. The van der Waals surface area contributed by atoms with Gasteiger partial charge in [0.05, 0.1) is 5.56 Å². The third-order valence-electron chi connectivity index (χ3n) is 2.86. The summed E-state index contributed by atoms with van der Waals surface area (Å²) in [5, 5.41) is 8.95. The number of hydrogen-bond donors (Lipinski definition) is 1. The number of fused-ring (bicyclic) bond motifs is 1. The molecule has 0 aliphatic heterocycles. The van der Waals surface area contributed by atoms with Gasteiger partial charge in [0.1, 0.15) is 5.52 Å². The highest BCUT2D eigenvalue weighted by Crippen LogP contribution is 2.23. The molecule has 19 heavy (non-hydrogen) atoms. The first-order chi connectivity index (χ1) is 9.01. The molecule has 2 rings (SSSR count). The molecule has 1 aromatic carbocycles. The Morgan fingerprint density at radius 3 is 2.79 bits per heavy atom. The van der Waals surface area contributed by atoms with E-state index in [2.05, 4.69) is 18.8 Å². The molecule has 0 bridgehead atoms. The van der Waals surface area contributed by atoms with E-state index in [0.717, 1.165) is 13.1 Å². The lowest BCUT2D eigenvalue weighted by Crippen LogP contribution is -2.27. The van der Waals surface area contributed by atoms with Crippen LogP contribution in [0.1, 0.15) is 31.1 Å². The summed E-state index contributed by atoms with van der Waals surface area (Å²) in [4.78, 5) is 17.4. The van der Waals surface area contributed by atoms with Gasteiger partial charge in [0, 0.05) is 13.1 Å². The summed E-state index contributed by atoms with van der Waals surface area (Å²) in [5.74, 6) is -0.459. The molecule has 0 unspecified atom stereocenters. The van der Waals surface area contributed by atoms with Crippen LogP contribution >= 0.6 is 0 Å². The van der Waals surface area contributed by atoms with Gasteiger partial charge in [-0.05, 0) is 31.0 Å². The van der Waals surface area contributed by atoms with Gasteiger partial charge in [-0.25, -0.2) is 4.79 Å². The smallest absolute Gasteiger partial charge is 0.335 e. The monoisotopic (exact) mass is 262 g/mol. The van der Waals surface area contributed by atoms with E-state index < -0.39 is 5.97 Å². The summed E-state index contributed by atoms with van der Waals surface area (Å²) < 4.78 is 5.66. The first kappa shape index (κ1) is 13.4. The van der Waals surface area contributed by atoms with Crippen LogP contribution < -0.4 is 4.90 Å². The number of aromatic carboxylic acids is 1. The van der Waals surface area contributed by atoms with E-state index >= 15 is 0 Å². The zero-order chi connectivity index (χ0) is 14.0. The van der Waals surface area contributed by atoms with E-state index in [-0.39, 0.29) is 5.56 Å². The van der Waals surface area contributed by atoms with Crippen molar-refractivity contribution in [2.45, 2.75) is 20.8 Å². The van der Waals surface area contributed by atoms with Crippen LogP contribution in [0.5, 0.6) is 0 Å². The first-order valence-electron chi connectivity index (χ1n) is 6.40. The minimum atomic E-state index is -0.964. The summed E-state index contributed by atoms with van der Waals surface area (Å²) >= 11 is 0. The fraction of sp³-hybridized carbons (Fsp3) is 0.429. The third-order valence-corrected chi connectivity index (χ3v) is 2.86. The number of oxazole rings is 1. The number of aromatic nitrogens is 1. The molecule has 0 aliphatic carbocycles. The lowest BCUT2D eigenvalue weighted by atomic mass is 10.2. The van der Waals surface area contributed by atoms with Crippen LogP contribution in [0.25, 0.3) is 11.1 Å². The van der Waals surface area contributed by atoms with Gasteiger partial charge in [0.25, 0.3) is 6.01 Å². The number of rotatable bonds is 5. The van der Waals surface area contributed by atoms with E-state index in [1.807, 2.05) is 11.8 Å². The van der Waals surface area contributed by atoms with Gasteiger partial charge in [0.15, 0.2) is 5.58 Å². The second-order valence-electron chi connectivity index (χ2n) is 4.92. The van der Waals surface area contributed by atoms with Crippen LogP contribution in [-0.2, 0) is 0 Å². The van der Waals surface area contributed by atoms with Crippen molar-refractivity contribution in [3.8, 4) is 0 Å². The van der Waals surface area contributed by atoms with Gasteiger partial charge < -0.3 is 14.4 Å². The average molecular weight is 262 g/mol. The molecule has 2 aromatic rings. The quantitative estimate of drug-likeness (QED) is 0.897. The number of benzene rings is 1. The minimum Gasteiger partial charge on any atom is -0.478 e. The van der Waals surface area contributed by atoms with Crippen molar-refractivity contribution in [3.05, 3.63) is 23.8 Å². The van der Waals surface area contributed by atoms with E-state index in [9.17, 15) is 4.79 Å². The first-order valence-corrected chi connectivity index (χ1v) is 6.40. The molecule has 5 nitrogen and oxygen atoms in total. The largest absolute Gasteiger partial charge is 0.478 e. The van der Waals surface area contributed by atoms with E-state index in [0.29, 0.717) is 23.0 Å². The Balaban J connectivity index is 2.37. The molecule has 0 aliphatic rings. The van der Waals surface area contributed by atoms with E-state index in [1.54, 1.807) is 6.07 Å². The predicted molar refractivity (Wildman–Crippen MR) is 73.7 cm³/mol. The van der Waals surface area contributed by atoms with Crippen LogP contribution in [0.4, 0.5) is 6.01 Å². The highest BCUT2D eigenvalue weighted by molar-refractivity contribution is 5.92. The third kappa shape index (κ3) is 2.86. The van der Waals surface area contributed by atoms with Gasteiger partial charge in [-0.2, -0.15) is 4.98 Å². The van der Waals surface area contributed by atoms with Gasteiger partial charge in [-0.3, -0.25) is 0 Å². The predicted octanol–water partition coefficient (Wildman–Crippen LogP) is 3.01. The molecule has 0 atom stereocenters. The molecule has 102 valence electrons. The maximum absolute atomic E-state index is 10.9.